The Kier molecular flexibility index (Phi) is 8.79. The number of carbonyl (C=O) groups excluding carboxylic acids is 4. The van der Waals surface area contributed by atoms with Gasteiger partial charge in [-0.15, -0.1) is 0 Å². The van der Waals surface area contributed by atoms with Crippen LogP contribution < -0.4 is 10.1 Å². The zero-order valence-electron chi connectivity index (χ0n) is 21.5. The summed E-state index contributed by atoms with van der Waals surface area (Å²) in [6.45, 7) is 3.10. The molecule has 2 atom stereocenters. The number of rotatable bonds is 9. The molecule has 2 fully saturated rings. The second-order valence-corrected chi connectivity index (χ2v) is 9.06. The standard InChI is InChI=1S/C26H30N4O9/c1-2-37-26(36)30-12-10-29(11-13-30)24(34)18(7-8-22(31)32)28-23(33)19-15-21(39-20-9-14-38-25(20)35)16-5-3-4-6-17(16)27-19/h3-6,15,18,20H,2,7-14H2,1H3,(H,28,33)(H,31,32). The largest absolute Gasteiger partial charge is 0.481 e. The number of esters is 1. The zero-order chi connectivity index (χ0) is 27.9. The van der Waals surface area contributed by atoms with Crippen LogP contribution in [0, 0.1) is 0 Å². The van der Waals surface area contributed by atoms with Crippen LogP contribution in [0.4, 0.5) is 4.79 Å². The van der Waals surface area contributed by atoms with Crippen molar-refractivity contribution in [2.75, 3.05) is 39.4 Å². The summed E-state index contributed by atoms with van der Waals surface area (Å²) < 4.78 is 15.8. The number of benzene rings is 1. The van der Waals surface area contributed by atoms with Gasteiger partial charge in [0.2, 0.25) is 5.91 Å². The normalized spacial score (nSPS) is 17.9. The lowest BCUT2D eigenvalue weighted by atomic mass is 10.1. The molecule has 0 radical (unpaired) electrons. The van der Waals surface area contributed by atoms with Crippen LogP contribution in [0.15, 0.2) is 30.3 Å². The topological polar surface area (TPSA) is 165 Å². The molecule has 208 valence electrons. The van der Waals surface area contributed by atoms with Crippen LogP contribution in [0.3, 0.4) is 0 Å². The maximum atomic E-state index is 13.3. The number of carboxylic acid groups (broad SMARTS) is 1. The van der Waals surface area contributed by atoms with Crippen molar-refractivity contribution in [2.24, 2.45) is 0 Å². The maximum absolute atomic E-state index is 13.3. The minimum atomic E-state index is -1.13. The third-order valence-electron chi connectivity index (χ3n) is 6.43. The van der Waals surface area contributed by atoms with Gasteiger partial charge in [0.05, 0.1) is 18.7 Å². The first-order valence-corrected chi connectivity index (χ1v) is 12.7. The molecule has 3 amide bonds. The molecule has 2 saturated heterocycles. The first-order valence-electron chi connectivity index (χ1n) is 12.7. The molecule has 1 aromatic heterocycles. The molecular weight excluding hydrogens is 512 g/mol. The van der Waals surface area contributed by atoms with Crippen LogP contribution in [-0.4, -0.2) is 101 Å². The molecule has 0 bridgehead atoms. The van der Waals surface area contributed by atoms with Crippen LogP contribution in [0.5, 0.6) is 5.75 Å². The minimum Gasteiger partial charge on any atom is -0.481 e. The fourth-order valence-electron chi connectivity index (χ4n) is 4.40. The SMILES string of the molecule is CCOC(=O)N1CCN(C(=O)C(CCC(=O)O)NC(=O)c2cc(OC3CCOC3=O)c3ccccc3n2)CC1. The number of para-hydroxylation sites is 1. The molecule has 4 rings (SSSR count). The van der Waals surface area contributed by atoms with E-state index in [9.17, 15) is 29.1 Å². The molecule has 39 heavy (non-hydrogen) atoms. The summed E-state index contributed by atoms with van der Waals surface area (Å²) in [5, 5.41) is 12.4. The van der Waals surface area contributed by atoms with Gasteiger partial charge in [0, 0.05) is 50.5 Å². The summed E-state index contributed by atoms with van der Waals surface area (Å²) in [4.78, 5) is 69.1. The monoisotopic (exact) mass is 542 g/mol. The van der Waals surface area contributed by atoms with Crippen LogP contribution in [0.2, 0.25) is 0 Å². The number of ether oxygens (including phenoxy) is 3. The Hall–Kier alpha value is -4.42. The van der Waals surface area contributed by atoms with Crippen molar-refractivity contribution >= 4 is 40.7 Å². The predicted octanol–water partition coefficient (Wildman–Crippen LogP) is 1.19. The fraction of sp³-hybridized carbons (Fsp3) is 0.462. The van der Waals surface area contributed by atoms with Gasteiger partial charge in [-0.05, 0) is 25.5 Å². The Balaban J connectivity index is 1.51. The lowest BCUT2D eigenvalue weighted by Gasteiger charge is -2.35. The van der Waals surface area contributed by atoms with Gasteiger partial charge >= 0.3 is 18.0 Å². The van der Waals surface area contributed by atoms with Gasteiger partial charge in [-0.1, -0.05) is 12.1 Å². The van der Waals surface area contributed by atoms with E-state index in [1.807, 2.05) is 0 Å². The molecule has 2 aliphatic heterocycles. The van der Waals surface area contributed by atoms with E-state index >= 15 is 0 Å². The third-order valence-corrected chi connectivity index (χ3v) is 6.43. The maximum Gasteiger partial charge on any atom is 0.409 e. The molecule has 3 heterocycles. The van der Waals surface area contributed by atoms with E-state index in [2.05, 4.69) is 10.3 Å². The van der Waals surface area contributed by atoms with E-state index < -0.39 is 42.0 Å². The molecule has 13 heteroatoms. The van der Waals surface area contributed by atoms with Crippen molar-refractivity contribution in [1.29, 1.82) is 0 Å². The fourth-order valence-corrected chi connectivity index (χ4v) is 4.40. The van der Waals surface area contributed by atoms with Crippen molar-refractivity contribution in [3.8, 4) is 5.75 Å². The van der Waals surface area contributed by atoms with Gasteiger partial charge in [-0.25, -0.2) is 14.6 Å². The quantitative estimate of drug-likeness (QED) is 0.440. The van der Waals surface area contributed by atoms with Gasteiger partial charge in [0.15, 0.2) is 6.10 Å². The molecular formula is C26H30N4O9. The number of nitrogens with one attached hydrogen (secondary N) is 1. The number of amides is 3. The molecule has 13 nitrogen and oxygen atoms in total. The number of hydrogen-bond donors (Lipinski definition) is 2. The van der Waals surface area contributed by atoms with Crippen LogP contribution in [0.1, 0.15) is 36.7 Å². The first-order chi connectivity index (χ1) is 18.8. The van der Waals surface area contributed by atoms with Crippen LogP contribution in [0.25, 0.3) is 10.9 Å². The summed E-state index contributed by atoms with van der Waals surface area (Å²) in [5.41, 5.74) is 0.380. The minimum absolute atomic E-state index is 0.0599. The number of pyridine rings is 1. The number of nitrogens with zero attached hydrogens (tertiary/aromatic N) is 3. The van der Waals surface area contributed by atoms with E-state index in [0.717, 1.165) is 0 Å². The van der Waals surface area contributed by atoms with Gasteiger partial charge in [0.25, 0.3) is 5.91 Å². The molecule has 0 spiro atoms. The van der Waals surface area contributed by atoms with Crippen LogP contribution in [-0.2, 0) is 23.9 Å². The number of carbonyl (C=O) groups is 5. The summed E-state index contributed by atoms with van der Waals surface area (Å²) in [6.07, 6.45) is -1.39. The second kappa shape index (κ2) is 12.4. The highest BCUT2D eigenvalue weighted by molar-refractivity contribution is 5.99. The summed E-state index contributed by atoms with van der Waals surface area (Å²) in [5.74, 6) is -2.51. The highest BCUT2D eigenvalue weighted by Crippen LogP contribution is 2.28. The molecule has 2 aliphatic rings. The molecule has 2 N–H and O–H groups in total. The third kappa shape index (κ3) is 6.72. The number of aromatic nitrogens is 1. The molecule has 0 aliphatic carbocycles. The predicted molar refractivity (Wildman–Crippen MR) is 135 cm³/mol. The Morgan fingerprint density at radius 1 is 1.15 bits per heavy atom. The second-order valence-electron chi connectivity index (χ2n) is 9.06. The molecule has 2 unspecified atom stereocenters. The van der Waals surface area contributed by atoms with E-state index in [1.54, 1.807) is 31.2 Å². The van der Waals surface area contributed by atoms with Crippen molar-refractivity contribution in [1.82, 2.24) is 20.1 Å². The van der Waals surface area contributed by atoms with E-state index in [1.165, 1.54) is 15.9 Å². The number of carboxylic acids is 1. The highest BCUT2D eigenvalue weighted by Gasteiger charge is 2.32. The van der Waals surface area contributed by atoms with E-state index in [-0.39, 0.29) is 63.7 Å². The Labute approximate surface area is 224 Å². The summed E-state index contributed by atoms with van der Waals surface area (Å²) >= 11 is 0. The molecule has 0 saturated carbocycles. The highest BCUT2D eigenvalue weighted by atomic mass is 16.6. The Bertz CT molecular complexity index is 1260. The van der Waals surface area contributed by atoms with Crippen LogP contribution >= 0.6 is 0 Å². The number of piperazine rings is 1. The number of cyclic esters (lactones) is 1. The van der Waals surface area contributed by atoms with Crippen molar-refractivity contribution in [2.45, 2.75) is 38.3 Å². The van der Waals surface area contributed by atoms with Gasteiger partial charge in [0.1, 0.15) is 17.5 Å². The number of hydrogen-bond acceptors (Lipinski definition) is 9. The Morgan fingerprint density at radius 2 is 1.87 bits per heavy atom. The number of fused-ring (bicyclic) bond motifs is 1. The molecule has 1 aromatic carbocycles. The lowest BCUT2D eigenvalue weighted by molar-refractivity contribution is -0.143. The summed E-state index contributed by atoms with van der Waals surface area (Å²) in [7, 11) is 0. The molecule has 2 aromatic rings. The summed E-state index contributed by atoms with van der Waals surface area (Å²) in [6, 6.07) is 7.19. The van der Waals surface area contributed by atoms with Gasteiger partial charge < -0.3 is 34.4 Å². The smallest absolute Gasteiger partial charge is 0.409 e. The van der Waals surface area contributed by atoms with Gasteiger partial charge in [-0.2, -0.15) is 0 Å². The van der Waals surface area contributed by atoms with E-state index in [4.69, 9.17) is 14.2 Å². The van der Waals surface area contributed by atoms with Gasteiger partial charge in [-0.3, -0.25) is 14.4 Å². The lowest BCUT2D eigenvalue weighted by Crippen LogP contribution is -2.56. The van der Waals surface area contributed by atoms with Crippen molar-refractivity contribution in [3.05, 3.63) is 36.0 Å². The van der Waals surface area contributed by atoms with E-state index in [0.29, 0.717) is 17.3 Å². The number of aliphatic carboxylic acids is 1. The zero-order valence-corrected chi connectivity index (χ0v) is 21.5. The average Bonchev–Trinajstić information content (AvgIpc) is 3.34. The Morgan fingerprint density at radius 3 is 2.54 bits per heavy atom. The first kappa shape index (κ1) is 27.6. The average molecular weight is 543 g/mol. The van der Waals surface area contributed by atoms with Crippen molar-refractivity contribution < 1.29 is 43.3 Å². The van der Waals surface area contributed by atoms with Crippen molar-refractivity contribution in [3.63, 3.8) is 0 Å².